The van der Waals surface area contributed by atoms with Crippen molar-refractivity contribution in [3.8, 4) is 28.2 Å². The van der Waals surface area contributed by atoms with Gasteiger partial charge in [0.15, 0.2) is 5.43 Å². The summed E-state index contributed by atoms with van der Waals surface area (Å²) in [5.41, 5.74) is 6.89. The molecular weight excluding hydrogens is 630 g/mol. The van der Waals surface area contributed by atoms with E-state index in [1.807, 2.05) is 0 Å². The number of ether oxygens (including phenoxy) is 2. The van der Waals surface area contributed by atoms with Crippen molar-refractivity contribution in [1.29, 1.82) is 0 Å². The van der Waals surface area contributed by atoms with E-state index in [9.17, 15) is 29.4 Å². The molecule has 2 aliphatic rings. The third-order valence-corrected chi connectivity index (χ3v) is 8.01. The highest BCUT2D eigenvalue weighted by atomic mass is 16.5. The molecule has 2 aromatic rings. The van der Waals surface area contributed by atoms with E-state index < -0.39 is 11.9 Å². The molecule has 0 unspecified atom stereocenters. The lowest BCUT2D eigenvalue weighted by Crippen LogP contribution is -2.27. The Bertz CT molecular complexity index is 1740. The highest BCUT2D eigenvalue weighted by Gasteiger charge is 2.23. The van der Waals surface area contributed by atoms with Gasteiger partial charge < -0.3 is 40.5 Å². The average molecular weight is 676 g/mol. The molecule has 4 rings (SSSR count). The van der Waals surface area contributed by atoms with E-state index in [-0.39, 0.29) is 39.6 Å². The molecule has 2 aromatic carbocycles. The Morgan fingerprint density at radius 1 is 0.755 bits per heavy atom. The van der Waals surface area contributed by atoms with Crippen molar-refractivity contribution in [2.24, 2.45) is 5.73 Å². The highest BCUT2D eigenvalue weighted by molar-refractivity contribution is 6.09. The van der Waals surface area contributed by atoms with Crippen LogP contribution in [0.1, 0.15) is 72.1 Å². The topological polar surface area (TPSA) is 190 Å². The molecule has 0 bridgehead atoms. The largest absolute Gasteiger partial charge is 0.508 e. The van der Waals surface area contributed by atoms with Crippen LogP contribution in [-0.2, 0) is 14.3 Å². The van der Waals surface area contributed by atoms with Gasteiger partial charge in [0.05, 0.1) is 25.4 Å². The first kappa shape index (κ1) is 37.0. The summed E-state index contributed by atoms with van der Waals surface area (Å²) in [6, 6.07) is 13.2. The maximum absolute atomic E-state index is 12.9. The molecule has 0 atom stereocenters. The number of carboxylic acids is 1. The van der Waals surface area contributed by atoms with Crippen molar-refractivity contribution in [3.63, 3.8) is 0 Å². The number of hydrogen-bond donors (Lipinski definition) is 5. The van der Waals surface area contributed by atoms with Crippen molar-refractivity contribution in [2.45, 2.75) is 51.4 Å². The van der Waals surface area contributed by atoms with E-state index in [0.717, 1.165) is 45.3 Å². The van der Waals surface area contributed by atoms with Crippen LogP contribution in [-0.4, -0.2) is 74.1 Å². The van der Waals surface area contributed by atoms with E-state index in [1.165, 1.54) is 30.3 Å². The number of fused-ring (bicyclic) bond motifs is 2. The summed E-state index contributed by atoms with van der Waals surface area (Å²) in [4.78, 5) is 49.5. The Morgan fingerprint density at radius 2 is 1.51 bits per heavy atom. The Labute approximate surface area is 284 Å². The number of nitrogens with two attached hydrogens (primary N) is 1. The van der Waals surface area contributed by atoms with Gasteiger partial charge in [-0.15, -0.1) is 0 Å². The SMILES string of the molecule is NCCCCCCOCCOCCNC(=O)CCCCCNC(=O)c1ccc(-c2c3ccc(=O)cc-3oc3cc(O)ccc23)c(C(=O)O)c1. The van der Waals surface area contributed by atoms with E-state index >= 15 is 0 Å². The number of nitrogens with one attached hydrogen (secondary N) is 2. The fourth-order valence-corrected chi connectivity index (χ4v) is 5.50. The molecule has 262 valence electrons. The summed E-state index contributed by atoms with van der Waals surface area (Å²) in [5.74, 6) is -1.51. The Morgan fingerprint density at radius 3 is 2.31 bits per heavy atom. The maximum atomic E-state index is 12.9. The number of carboxylic acid groups (broad SMARTS) is 1. The second-order valence-corrected chi connectivity index (χ2v) is 11.7. The quantitative estimate of drug-likeness (QED) is 0.0598. The molecule has 0 aromatic heterocycles. The number of carbonyl (C=O) groups is 3. The van der Waals surface area contributed by atoms with Crippen LogP contribution in [0, 0.1) is 0 Å². The Kier molecular flexibility index (Phi) is 14.6. The van der Waals surface area contributed by atoms with Crippen molar-refractivity contribution in [3.05, 3.63) is 75.9 Å². The third-order valence-electron chi connectivity index (χ3n) is 8.01. The number of rotatable bonds is 21. The minimum atomic E-state index is -1.23. The molecule has 0 radical (unpaired) electrons. The van der Waals surface area contributed by atoms with Gasteiger partial charge >= 0.3 is 5.97 Å². The fraction of sp³-hybridized carbons (Fsp3) is 0.405. The van der Waals surface area contributed by atoms with Crippen molar-refractivity contribution >= 4 is 28.8 Å². The molecule has 6 N–H and O–H groups in total. The highest BCUT2D eigenvalue weighted by Crippen LogP contribution is 2.42. The average Bonchev–Trinajstić information content (AvgIpc) is 3.08. The van der Waals surface area contributed by atoms with E-state index in [4.69, 9.17) is 19.6 Å². The van der Waals surface area contributed by atoms with Crippen LogP contribution in [0.4, 0.5) is 0 Å². The van der Waals surface area contributed by atoms with Crippen LogP contribution in [0.3, 0.4) is 0 Å². The van der Waals surface area contributed by atoms with Crippen molar-refractivity contribution in [2.75, 3.05) is 46.1 Å². The molecule has 12 nitrogen and oxygen atoms in total. The zero-order valence-electron chi connectivity index (χ0n) is 27.6. The lowest BCUT2D eigenvalue weighted by molar-refractivity contribution is -0.121. The van der Waals surface area contributed by atoms with E-state index in [1.54, 1.807) is 24.3 Å². The molecule has 1 heterocycles. The minimum absolute atomic E-state index is 0.0486. The van der Waals surface area contributed by atoms with Gasteiger partial charge in [0.2, 0.25) is 5.91 Å². The van der Waals surface area contributed by atoms with Crippen LogP contribution in [0.15, 0.2) is 63.8 Å². The predicted octanol–water partition coefficient (Wildman–Crippen LogP) is 4.93. The number of phenols is 1. The summed E-state index contributed by atoms with van der Waals surface area (Å²) in [7, 11) is 0. The van der Waals surface area contributed by atoms with Crippen LogP contribution in [0.2, 0.25) is 0 Å². The Balaban J connectivity index is 1.21. The third kappa shape index (κ3) is 11.1. The monoisotopic (exact) mass is 675 g/mol. The van der Waals surface area contributed by atoms with Gasteiger partial charge in [0.25, 0.3) is 5.91 Å². The minimum Gasteiger partial charge on any atom is -0.508 e. The Hall–Kier alpha value is -4.78. The number of carbonyl (C=O) groups excluding carboxylic acids is 2. The van der Waals surface area contributed by atoms with Crippen LogP contribution < -0.4 is 21.8 Å². The molecule has 2 amide bonds. The molecule has 49 heavy (non-hydrogen) atoms. The molecule has 1 aliphatic carbocycles. The van der Waals surface area contributed by atoms with Gasteiger partial charge in [-0.1, -0.05) is 25.3 Å². The number of aromatic carboxylic acids is 1. The van der Waals surface area contributed by atoms with Crippen LogP contribution in [0.25, 0.3) is 33.4 Å². The lowest BCUT2D eigenvalue weighted by atomic mass is 9.90. The predicted molar refractivity (Wildman–Crippen MR) is 186 cm³/mol. The van der Waals surface area contributed by atoms with Crippen LogP contribution in [0.5, 0.6) is 5.75 Å². The molecule has 1 aliphatic heterocycles. The molecule has 0 fully saturated rings. The molecular formula is C37H45N3O9. The molecule has 0 spiro atoms. The van der Waals surface area contributed by atoms with Gasteiger partial charge in [-0.3, -0.25) is 14.4 Å². The summed E-state index contributed by atoms with van der Waals surface area (Å²) in [5, 5.41) is 26.3. The standard InChI is InChI=1S/C37H45N3O9/c38-15-5-1-2-7-18-47-20-21-48-19-17-39-34(43)8-4-3-6-16-40-36(44)25-9-12-28(31(22-25)37(45)46)35-29-13-10-26(41)23-32(29)49-33-24-27(42)11-14-30(33)35/h9-14,22-24,41H,1-8,15-21,38H2,(H,39,43)(H,40,44)(H,45,46). The number of unbranched alkanes of at least 4 members (excludes halogenated alkanes) is 5. The van der Waals surface area contributed by atoms with E-state index in [2.05, 4.69) is 10.6 Å². The summed E-state index contributed by atoms with van der Waals surface area (Å²) < 4.78 is 16.9. The van der Waals surface area contributed by atoms with Gasteiger partial charge in [-0.25, -0.2) is 4.79 Å². The number of hydrogen-bond acceptors (Lipinski definition) is 9. The van der Waals surface area contributed by atoms with Crippen LogP contribution >= 0.6 is 0 Å². The smallest absolute Gasteiger partial charge is 0.336 e. The normalized spacial score (nSPS) is 11.2. The number of aromatic hydroxyl groups is 1. The van der Waals surface area contributed by atoms with Gasteiger partial charge in [-0.05, 0) is 74.2 Å². The van der Waals surface area contributed by atoms with Gasteiger partial charge in [0.1, 0.15) is 17.1 Å². The van der Waals surface area contributed by atoms with Crippen molar-refractivity contribution in [1.82, 2.24) is 10.6 Å². The number of phenolic OH excluding ortho intramolecular Hbond substituents is 1. The zero-order chi connectivity index (χ0) is 35.0. The second-order valence-electron chi connectivity index (χ2n) is 11.7. The zero-order valence-corrected chi connectivity index (χ0v) is 27.6. The lowest BCUT2D eigenvalue weighted by Gasteiger charge is -2.17. The fourth-order valence-electron chi connectivity index (χ4n) is 5.50. The number of amides is 2. The van der Waals surface area contributed by atoms with Gasteiger partial charge in [-0.2, -0.15) is 0 Å². The second kappa shape index (κ2) is 19.3. The molecule has 0 saturated heterocycles. The molecule has 12 heteroatoms. The molecule has 0 saturated carbocycles. The number of benzene rings is 3. The maximum Gasteiger partial charge on any atom is 0.336 e. The summed E-state index contributed by atoms with van der Waals surface area (Å²) in [6.45, 7) is 3.69. The van der Waals surface area contributed by atoms with Crippen molar-refractivity contribution < 1.29 is 38.5 Å². The van der Waals surface area contributed by atoms with Gasteiger partial charge in [0, 0.05) is 60.3 Å². The summed E-state index contributed by atoms with van der Waals surface area (Å²) in [6.07, 6.45) is 6.74. The van der Waals surface area contributed by atoms with E-state index in [0.29, 0.717) is 74.2 Å². The summed E-state index contributed by atoms with van der Waals surface area (Å²) >= 11 is 0. The first-order valence-corrected chi connectivity index (χ1v) is 16.8. The first-order chi connectivity index (χ1) is 23.8. The first-order valence-electron chi connectivity index (χ1n) is 16.8.